The van der Waals surface area contributed by atoms with Crippen molar-refractivity contribution in [3.8, 4) is 11.3 Å². The van der Waals surface area contributed by atoms with E-state index < -0.39 is 0 Å². The van der Waals surface area contributed by atoms with Crippen molar-refractivity contribution >= 4 is 22.6 Å². The fourth-order valence-corrected chi connectivity index (χ4v) is 4.18. The Hall–Kier alpha value is -3.65. The summed E-state index contributed by atoms with van der Waals surface area (Å²) in [6.45, 7) is 6.45. The predicted octanol–water partition coefficient (Wildman–Crippen LogP) is 4.52. The van der Waals surface area contributed by atoms with Gasteiger partial charge in [0, 0.05) is 47.6 Å². The third-order valence-corrected chi connectivity index (χ3v) is 6.14. The van der Waals surface area contributed by atoms with Gasteiger partial charge in [-0.15, -0.1) is 0 Å². The number of amides is 1. The molecule has 0 aliphatic carbocycles. The molecule has 33 heavy (non-hydrogen) atoms. The van der Waals surface area contributed by atoms with Gasteiger partial charge in [0.2, 0.25) is 0 Å². The van der Waals surface area contributed by atoms with E-state index in [4.69, 9.17) is 9.40 Å². The van der Waals surface area contributed by atoms with Crippen LogP contribution in [0.3, 0.4) is 0 Å². The summed E-state index contributed by atoms with van der Waals surface area (Å²) in [5, 5.41) is 3.70. The smallest absolute Gasteiger partial charge is 0.278 e. The molecule has 0 aromatic carbocycles. The lowest BCUT2D eigenvalue weighted by Gasteiger charge is -2.33. The molecular formula is C25H26N6O2. The lowest BCUT2D eigenvalue weighted by atomic mass is 9.96. The molecule has 8 heteroatoms. The maximum atomic E-state index is 12.8. The van der Waals surface area contributed by atoms with Crippen LogP contribution in [0.25, 0.3) is 22.2 Å². The number of nitrogens with one attached hydrogen (secondary N) is 1. The molecule has 1 fully saturated rings. The first-order valence-electron chi connectivity index (χ1n) is 11.2. The Balaban J connectivity index is 1.29. The number of hydrogen-bond donors (Lipinski definition) is 1. The Morgan fingerprint density at radius 3 is 2.76 bits per heavy atom. The minimum Gasteiger partial charge on any atom is -0.448 e. The molecular weight excluding hydrogens is 416 g/mol. The highest BCUT2D eigenvalue weighted by Gasteiger charge is 2.26. The van der Waals surface area contributed by atoms with Crippen molar-refractivity contribution in [1.82, 2.24) is 24.8 Å². The number of carbonyl (C=O) groups excluding carboxylic acids is 1. The van der Waals surface area contributed by atoms with Crippen LogP contribution in [-0.2, 0) is 0 Å². The van der Waals surface area contributed by atoms with Gasteiger partial charge in [-0.05, 0) is 64.0 Å². The molecule has 1 N–H and O–H groups in total. The normalized spacial score (nSPS) is 15.2. The summed E-state index contributed by atoms with van der Waals surface area (Å²) < 4.78 is 5.66. The van der Waals surface area contributed by atoms with E-state index in [1.165, 1.54) is 6.26 Å². The van der Waals surface area contributed by atoms with Crippen molar-refractivity contribution in [1.29, 1.82) is 0 Å². The first-order chi connectivity index (χ1) is 16.1. The van der Waals surface area contributed by atoms with E-state index in [2.05, 4.69) is 39.0 Å². The molecule has 0 bridgehead atoms. The van der Waals surface area contributed by atoms with Crippen LogP contribution in [0.4, 0.5) is 5.82 Å². The number of aromatic nitrogens is 4. The molecule has 1 saturated heterocycles. The van der Waals surface area contributed by atoms with Gasteiger partial charge < -0.3 is 14.6 Å². The highest BCUT2D eigenvalue weighted by atomic mass is 16.3. The zero-order valence-electron chi connectivity index (χ0n) is 18.7. The Bertz CT molecular complexity index is 1260. The quantitative estimate of drug-likeness (QED) is 0.485. The first-order valence-corrected chi connectivity index (χ1v) is 11.2. The number of fused-ring (bicyclic) bond motifs is 1. The number of pyridine rings is 3. The van der Waals surface area contributed by atoms with Gasteiger partial charge in [-0.3, -0.25) is 9.78 Å². The van der Waals surface area contributed by atoms with Crippen LogP contribution in [-0.4, -0.2) is 49.9 Å². The van der Waals surface area contributed by atoms with Gasteiger partial charge in [0.25, 0.3) is 5.91 Å². The second-order valence-corrected chi connectivity index (χ2v) is 8.63. The third kappa shape index (κ3) is 4.61. The molecule has 1 amide bonds. The maximum absolute atomic E-state index is 12.8. The van der Waals surface area contributed by atoms with Gasteiger partial charge in [0.1, 0.15) is 12.1 Å². The molecule has 0 saturated carbocycles. The minimum atomic E-state index is -0.347. The topological polar surface area (TPSA) is 97.0 Å². The van der Waals surface area contributed by atoms with Crippen molar-refractivity contribution in [2.24, 2.45) is 0 Å². The fourth-order valence-electron chi connectivity index (χ4n) is 4.18. The largest absolute Gasteiger partial charge is 0.448 e. The zero-order chi connectivity index (χ0) is 22.8. The Kier molecular flexibility index (Phi) is 5.83. The SMILES string of the molecule is CC(C)N1CCC(c2nc(C(=O)Nc3cc4nc(-c5cccnc5)ccc4cn3)co2)CC1. The van der Waals surface area contributed by atoms with Crippen molar-refractivity contribution in [3.63, 3.8) is 0 Å². The van der Waals surface area contributed by atoms with Crippen LogP contribution in [0.5, 0.6) is 0 Å². The van der Waals surface area contributed by atoms with Crippen molar-refractivity contribution in [2.75, 3.05) is 18.4 Å². The molecule has 0 spiro atoms. The van der Waals surface area contributed by atoms with Gasteiger partial charge in [-0.25, -0.2) is 15.0 Å². The number of hydrogen-bond acceptors (Lipinski definition) is 7. The lowest BCUT2D eigenvalue weighted by molar-refractivity contribution is 0.102. The van der Waals surface area contributed by atoms with Crippen LogP contribution < -0.4 is 5.32 Å². The van der Waals surface area contributed by atoms with Crippen LogP contribution in [0, 0.1) is 0 Å². The summed E-state index contributed by atoms with van der Waals surface area (Å²) in [5.41, 5.74) is 2.73. The predicted molar refractivity (Wildman–Crippen MR) is 126 cm³/mol. The number of likely N-dealkylation sites (tertiary alicyclic amines) is 1. The monoisotopic (exact) mass is 442 g/mol. The second-order valence-electron chi connectivity index (χ2n) is 8.63. The average molecular weight is 443 g/mol. The van der Waals surface area contributed by atoms with Gasteiger partial charge in [-0.2, -0.15) is 0 Å². The summed E-state index contributed by atoms with van der Waals surface area (Å²) in [7, 11) is 0. The molecule has 0 unspecified atom stereocenters. The van der Waals surface area contributed by atoms with Crippen molar-refractivity contribution in [2.45, 2.75) is 38.6 Å². The Morgan fingerprint density at radius 1 is 1.15 bits per heavy atom. The fraction of sp³-hybridized carbons (Fsp3) is 0.320. The van der Waals surface area contributed by atoms with E-state index in [-0.39, 0.29) is 17.5 Å². The molecule has 5 heterocycles. The zero-order valence-corrected chi connectivity index (χ0v) is 18.7. The molecule has 168 valence electrons. The lowest BCUT2D eigenvalue weighted by Crippen LogP contribution is -2.37. The van der Waals surface area contributed by atoms with Gasteiger partial charge >= 0.3 is 0 Å². The van der Waals surface area contributed by atoms with E-state index in [1.807, 2.05) is 24.3 Å². The number of anilines is 1. The van der Waals surface area contributed by atoms with Crippen LogP contribution >= 0.6 is 0 Å². The standard InChI is InChI=1S/C25H26N6O2/c1-16(2)31-10-7-17(8-11-31)25-29-22(15-33-25)24(32)30-23-12-21-19(14-27-23)5-6-20(28-21)18-4-3-9-26-13-18/h3-6,9,12-17H,7-8,10-11H2,1-2H3,(H,27,30,32). The summed E-state index contributed by atoms with van der Waals surface area (Å²) in [6, 6.07) is 10.0. The van der Waals surface area contributed by atoms with E-state index in [9.17, 15) is 4.79 Å². The second kappa shape index (κ2) is 9.07. The summed E-state index contributed by atoms with van der Waals surface area (Å²) in [6.07, 6.45) is 8.59. The van der Waals surface area contributed by atoms with Gasteiger partial charge in [0.05, 0.1) is 11.2 Å². The van der Waals surface area contributed by atoms with E-state index in [1.54, 1.807) is 24.7 Å². The van der Waals surface area contributed by atoms with Crippen LogP contribution in [0.1, 0.15) is 49.0 Å². The maximum Gasteiger partial charge on any atom is 0.278 e. The Labute approximate surface area is 192 Å². The van der Waals surface area contributed by atoms with Gasteiger partial charge in [-0.1, -0.05) is 0 Å². The number of rotatable bonds is 5. The van der Waals surface area contributed by atoms with Crippen LogP contribution in [0.2, 0.25) is 0 Å². The highest BCUT2D eigenvalue weighted by molar-refractivity contribution is 6.02. The van der Waals surface area contributed by atoms with Crippen LogP contribution in [0.15, 0.2) is 59.6 Å². The number of carbonyl (C=O) groups is 1. The molecule has 1 aliphatic rings. The molecule has 1 aliphatic heterocycles. The number of nitrogens with zero attached hydrogens (tertiary/aromatic N) is 5. The van der Waals surface area contributed by atoms with Crippen molar-refractivity contribution < 1.29 is 9.21 Å². The van der Waals surface area contributed by atoms with Crippen molar-refractivity contribution in [3.05, 3.63) is 66.8 Å². The molecule has 0 radical (unpaired) electrons. The summed E-state index contributed by atoms with van der Waals surface area (Å²) >= 11 is 0. The first kappa shape index (κ1) is 21.2. The molecule has 4 aromatic heterocycles. The Morgan fingerprint density at radius 2 is 2.00 bits per heavy atom. The number of oxazole rings is 1. The van der Waals surface area contributed by atoms with E-state index in [0.29, 0.717) is 17.8 Å². The average Bonchev–Trinajstić information content (AvgIpc) is 3.35. The molecule has 0 atom stereocenters. The molecule has 4 aromatic rings. The number of piperidine rings is 1. The molecule has 5 rings (SSSR count). The van der Waals surface area contributed by atoms with E-state index in [0.717, 1.165) is 48.1 Å². The third-order valence-electron chi connectivity index (χ3n) is 6.14. The minimum absolute atomic E-state index is 0.246. The summed E-state index contributed by atoms with van der Waals surface area (Å²) in [4.78, 5) is 32.9. The molecule has 8 nitrogen and oxygen atoms in total. The highest BCUT2D eigenvalue weighted by Crippen LogP contribution is 2.28. The van der Waals surface area contributed by atoms with Gasteiger partial charge in [0.15, 0.2) is 11.6 Å². The van der Waals surface area contributed by atoms with E-state index >= 15 is 0 Å². The summed E-state index contributed by atoms with van der Waals surface area (Å²) in [5.74, 6) is 0.950.